The van der Waals surface area contributed by atoms with Crippen molar-refractivity contribution in [3.8, 4) is 0 Å². The van der Waals surface area contributed by atoms with Gasteiger partial charge in [0, 0.05) is 0 Å². The first-order valence-corrected chi connectivity index (χ1v) is 9.13. The summed E-state index contributed by atoms with van der Waals surface area (Å²) in [6, 6.07) is 17.3. The van der Waals surface area contributed by atoms with Crippen molar-refractivity contribution in [3.63, 3.8) is 0 Å². The van der Waals surface area contributed by atoms with Gasteiger partial charge >= 0.3 is 0 Å². The molecule has 1 heterocycles. The Morgan fingerprint density at radius 3 is 2.52 bits per heavy atom. The Balaban J connectivity index is 1.78. The summed E-state index contributed by atoms with van der Waals surface area (Å²) < 4.78 is 0. The molecule has 1 unspecified atom stereocenters. The molecule has 2 aromatic carbocycles. The Bertz CT molecular complexity index is 860. The van der Waals surface area contributed by atoms with E-state index in [2.05, 4.69) is 79.7 Å². The second kappa shape index (κ2) is 6.75. The summed E-state index contributed by atoms with van der Waals surface area (Å²) in [7, 11) is 0. The van der Waals surface area contributed by atoms with Crippen LogP contribution in [0.25, 0.3) is 0 Å². The molecule has 1 N–H and O–H groups in total. The molecular formula is C22H23BN2. The molecule has 3 heteroatoms. The zero-order valence-electron chi connectivity index (χ0n) is 14.9. The average Bonchev–Trinajstić information content (AvgIpc) is 2.68. The maximum atomic E-state index is 5.03. The summed E-state index contributed by atoms with van der Waals surface area (Å²) in [5.41, 5.74) is 7.09. The maximum absolute atomic E-state index is 5.03. The number of hydrogen-bond donors (Lipinski definition) is 1. The van der Waals surface area contributed by atoms with Gasteiger partial charge in [0.2, 0.25) is 0 Å². The van der Waals surface area contributed by atoms with Gasteiger partial charge in [-0.15, -0.1) is 0 Å². The summed E-state index contributed by atoms with van der Waals surface area (Å²) in [6.07, 6.45) is 9.07. The SMILES string of the molecule is CB(C)c1ccc(C2=Nc3ccccc3NC2C2=CCCC=C2)cc1. The quantitative estimate of drug-likeness (QED) is 0.802. The van der Waals surface area contributed by atoms with E-state index in [4.69, 9.17) is 4.99 Å². The number of fused-ring (bicyclic) bond motifs is 1. The first-order valence-electron chi connectivity index (χ1n) is 9.13. The highest BCUT2D eigenvalue weighted by Gasteiger charge is 2.26. The highest BCUT2D eigenvalue weighted by molar-refractivity contribution is 6.70. The topological polar surface area (TPSA) is 24.4 Å². The molecule has 2 aliphatic rings. The fourth-order valence-corrected chi connectivity index (χ4v) is 3.47. The minimum atomic E-state index is 0.108. The number of benzene rings is 2. The number of aliphatic imine (C=N–C) groups is 1. The molecule has 1 atom stereocenters. The lowest BCUT2D eigenvalue weighted by Gasteiger charge is -2.29. The van der Waals surface area contributed by atoms with Crippen molar-refractivity contribution >= 4 is 29.3 Å². The molecule has 0 saturated heterocycles. The van der Waals surface area contributed by atoms with E-state index in [1.165, 1.54) is 16.6 Å². The maximum Gasteiger partial charge on any atom is 0.169 e. The zero-order chi connectivity index (χ0) is 17.2. The predicted octanol–water partition coefficient (Wildman–Crippen LogP) is 4.84. The number of nitrogens with one attached hydrogen (secondary N) is 1. The van der Waals surface area contributed by atoms with Crippen LogP contribution in [0.4, 0.5) is 11.4 Å². The van der Waals surface area contributed by atoms with Crippen molar-refractivity contribution < 1.29 is 0 Å². The fraction of sp³-hybridized carbons (Fsp3) is 0.227. The normalized spacial score (nSPS) is 18.7. The number of anilines is 1. The van der Waals surface area contributed by atoms with Crippen LogP contribution in [0.2, 0.25) is 13.6 Å². The van der Waals surface area contributed by atoms with Crippen LogP contribution in [-0.2, 0) is 0 Å². The molecule has 0 aromatic heterocycles. The van der Waals surface area contributed by atoms with Gasteiger partial charge in [-0.05, 0) is 36.1 Å². The summed E-state index contributed by atoms with van der Waals surface area (Å²) in [4.78, 5) is 5.03. The number of para-hydroxylation sites is 2. The predicted molar refractivity (Wildman–Crippen MR) is 110 cm³/mol. The Hall–Kier alpha value is -2.55. The molecule has 0 saturated carbocycles. The molecule has 2 nitrogen and oxygen atoms in total. The molecular weight excluding hydrogens is 303 g/mol. The number of allylic oxidation sites excluding steroid dienone is 2. The molecule has 0 spiro atoms. The second-order valence-electron chi connectivity index (χ2n) is 7.05. The Morgan fingerprint density at radius 1 is 1.00 bits per heavy atom. The van der Waals surface area contributed by atoms with E-state index < -0.39 is 0 Å². The minimum absolute atomic E-state index is 0.108. The minimum Gasteiger partial charge on any atom is -0.371 e. The van der Waals surface area contributed by atoms with Crippen molar-refractivity contribution in [1.82, 2.24) is 0 Å². The van der Waals surface area contributed by atoms with Crippen LogP contribution in [0, 0.1) is 0 Å². The second-order valence-corrected chi connectivity index (χ2v) is 7.05. The third kappa shape index (κ3) is 3.19. The molecule has 0 amide bonds. The molecule has 0 fully saturated rings. The highest BCUT2D eigenvalue weighted by Crippen LogP contribution is 2.33. The van der Waals surface area contributed by atoms with Gasteiger partial charge < -0.3 is 5.32 Å². The monoisotopic (exact) mass is 326 g/mol. The smallest absolute Gasteiger partial charge is 0.169 e. The summed E-state index contributed by atoms with van der Waals surface area (Å²) in [5.74, 6) is 0. The van der Waals surface area contributed by atoms with Crippen molar-refractivity contribution in [2.24, 2.45) is 4.99 Å². The molecule has 2 aromatic rings. The van der Waals surface area contributed by atoms with E-state index in [0.717, 1.165) is 29.9 Å². The van der Waals surface area contributed by atoms with E-state index in [0.29, 0.717) is 6.71 Å². The van der Waals surface area contributed by atoms with Crippen molar-refractivity contribution in [2.75, 3.05) is 5.32 Å². The third-order valence-corrected chi connectivity index (χ3v) is 4.95. The van der Waals surface area contributed by atoms with Crippen LogP contribution in [0.1, 0.15) is 18.4 Å². The zero-order valence-corrected chi connectivity index (χ0v) is 14.9. The molecule has 1 aliphatic carbocycles. The van der Waals surface area contributed by atoms with Gasteiger partial charge in [0.1, 0.15) is 0 Å². The largest absolute Gasteiger partial charge is 0.371 e. The number of nitrogens with zero attached hydrogens (tertiary/aromatic N) is 1. The third-order valence-electron chi connectivity index (χ3n) is 4.95. The molecule has 0 bridgehead atoms. The van der Waals surface area contributed by atoms with Crippen LogP contribution >= 0.6 is 0 Å². The average molecular weight is 326 g/mol. The lowest BCUT2D eigenvalue weighted by molar-refractivity contribution is 0.971. The summed E-state index contributed by atoms with van der Waals surface area (Å²) in [5, 5.41) is 3.70. The molecule has 4 rings (SSSR count). The van der Waals surface area contributed by atoms with E-state index >= 15 is 0 Å². The van der Waals surface area contributed by atoms with E-state index in [9.17, 15) is 0 Å². The lowest BCUT2D eigenvalue weighted by atomic mass is 9.49. The van der Waals surface area contributed by atoms with Crippen LogP contribution in [0.5, 0.6) is 0 Å². The van der Waals surface area contributed by atoms with Gasteiger partial charge in [0.15, 0.2) is 6.71 Å². The molecule has 124 valence electrons. The summed E-state index contributed by atoms with van der Waals surface area (Å²) >= 11 is 0. The van der Waals surface area contributed by atoms with Gasteiger partial charge in [-0.1, -0.05) is 73.7 Å². The first kappa shape index (κ1) is 16.0. The van der Waals surface area contributed by atoms with Crippen LogP contribution in [-0.4, -0.2) is 18.5 Å². The van der Waals surface area contributed by atoms with E-state index in [1.54, 1.807) is 0 Å². The van der Waals surface area contributed by atoms with Gasteiger partial charge in [0.05, 0.1) is 23.1 Å². The van der Waals surface area contributed by atoms with E-state index in [-0.39, 0.29) is 6.04 Å². The standard InChI is InChI=1S/C22H23BN2/c1-23(2)18-14-12-17(13-15-18)22-21(16-8-4-3-5-9-16)24-19-10-6-7-11-20(19)25-22/h4,6-15,21,24H,3,5H2,1-2H3. The molecule has 25 heavy (non-hydrogen) atoms. The van der Waals surface area contributed by atoms with Crippen molar-refractivity contribution in [2.45, 2.75) is 32.5 Å². The van der Waals surface area contributed by atoms with Gasteiger partial charge in [0.25, 0.3) is 0 Å². The van der Waals surface area contributed by atoms with Crippen molar-refractivity contribution in [3.05, 3.63) is 77.9 Å². The fourth-order valence-electron chi connectivity index (χ4n) is 3.47. The Morgan fingerprint density at radius 2 is 1.80 bits per heavy atom. The molecule has 0 radical (unpaired) electrons. The first-order chi connectivity index (χ1) is 12.2. The van der Waals surface area contributed by atoms with E-state index in [1.807, 2.05) is 6.07 Å². The Kier molecular flexibility index (Phi) is 4.31. The van der Waals surface area contributed by atoms with Gasteiger partial charge in [-0.25, -0.2) is 4.99 Å². The van der Waals surface area contributed by atoms with Crippen LogP contribution in [0.15, 0.2) is 77.3 Å². The van der Waals surface area contributed by atoms with Crippen LogP contribution < -0.4 is 10.8 Å². The summed E-state index contributed by atoms with van der Waals surface area (Å²) in [6.45, 7) is 5.00. The van der Waals surface area contributed by atoms with Gasteiger partial charge in [-0.2, -0.15) is 0 Å². The van der Waals surface area contributed by atoms with Crippen LogP contribution in [0.3, 0.4) is 0 Å². The van der Waals surface area contributed by atoms with Gasteiger partial charge in [-0.3, -0.25) is 0 Å². The Labute approximate surface area is 150 Å². The molecule has 1 aliphatic heterocycles. The number of rotatable bonds is 3. The lowest BCUT2D eigenvalue weighted by Crippen LogP contribution is -2.34. The number of hydrogen-bond acceptors (Lipinski definition) is 2. The van der Waals surface area contributed by atoms with Crippen molar-refractivity contribution in [1.29, 1.82) is 0 Å². The highest BCUT2D eigenvalue weighted by atomic mass is 15.0.